The van der Waals surface area contributed by atoms with Crippen molar-refractivity contribution in [2.45, 2.75) is 39.3 Å². The van der Waals surface area contributed by atoms with E-state index in [2.05, 4.69) is 67.8 Å². The van der Waals surface area contributed by atoms with E-state index in [9.17, 15) is 0 Å². The van der Waals surface area contributed by atoms with Crippen molar-refractivity contribution < 1.29 is 0 Å². The molecule has 0 aliphatic rings. The van der Waals surface area contributed by atoms with E-state index in [4.69, 9.17) is 0 Å². The van der Waals surface area contributed by atoms with Crippen LogP contribution in [0.15, 0.2) is 24.3 Å². The molecule has 0 amide bonds. The predicted molar refractivity (Wildman–Crippen MR) is 81.0 cm³/mol. The van der Waals surface area contributed by atoms with Gasteiger partial charge in [-0.3, -0.25) is 0 Å². The van der Waals surface area contributed by atoms with Gasteiger partial charge >= 0.3 is 115 Å². The van der Waals surface area contributed by atoms with Crippen LogP contribution in [0.4, 0.5) is 5.69 Å². The molecule has 0 N–H and O–H groups in total. The Labute approximate surface area is 115 Å². The molecule has 1 aromatic carbocycles. The van der Waals surface area contributed by atoms with Crippen LogP contribution in [-0.2, 0) is 0 Å². The summed E-state index contributed by atoms with van der Waals surface area (Å²) >= 11 is 1.97. The van der Waals surface area contributed by atoms with E-state index in [-0.39, 0.29) is 0 Å². The summed E-state index contributed by atoms with van der Waals surface area (Å²) in [5, 5.41) is 0. The first kappa shape index (κ1) is 14.3. The molecule has 0 spiro atoms. The Morgan fingerprint density at radius 2 is 1.44 bits per heavy atom. The van der Waals surface area contributed by atoms with Crippen LogP contribution in [0.25, 0.3) is 0 Å². The molecule has 0 bridgehead atoms. The van der Waals surface area contributed by atoms with Gasteiger partial charge < -0.3 is 0 Å². The summed E-state index contributed by atoms with van der Waals surface area (Å²) in [6.07, 6.45) is 0. The van der Waals surface area contributed by atoms with E-state index in [1.165, 1.54) is 9.38 Å². The fourth-order valence-corrected chi connectivity index (χ4v) is 12.7. The fourth-order valence-electron chi connectivity index (χ4n) is 2.48. The van der Waals surface area contributed by atoms with E-state index in [0.29, 0.717) is 0 Å². The van der Waals surface area contributed by atoms with Crippen molar-refractivity contribution in [3.05, 3.63) is 24.3 Å². The van der Waals surface area contributed by atoms with Crippen molar-refractivity contribution in [3.8, 4) is 0 Å². The molecule has 0 saturated heterocycles. The Kier molecular flexibility index (Phi) is 4.32. The van der Waals surface area contributed by atoms with Crippen molar-refractivity contribution in [3.63, 3.8) is 0 Å². The van der Waals surface area contributed by atoms with Gasteiger partial charge in [0.1, 0.15) is 0 Å². The average molecular weight is 261 g/mol. The van der Waals surface area contributed by atoms with Crippen LogP contribution < -0.4 is 7.92 Å². The van der Waals surface area contributed by atoms with E-state index in [1.54, 1.807) is 0 Å². The van der Waals surface area contributed by atoms with Crippen LogP contribution in [0.1, 0.15) is 0 Å². The SMILES string of the molecule is C[Si](C)(C)N(c1ccc[c]([Mg+])c1)[Si](C)(C)C. The van der Waals surface area contributed by atoms with E-state index in [1.807, 2.05) is 21.7 Å². The van der Waals surface area contributed by atoms with Gasteiger partial charge in [-0.1, -0.05) is 0 Å². The quantitative estimate of drug-likeness (QED) is 0.756. The Morgan fingerprint density at radius 3 is 1.81 bits per heavy atom. The maximum absolute atomic E-state index is 2.76. The summed E-state index contributed by atoms with van der Waals surface area (Å²) < 4.78 is 4.15. The number of hydrogen-bond donors (Lipinski definition) is 0. The van der Waals surface area contributed by atoms with Gasteiger partial charge in [-0.25, -0.2) is 0 Å². The van der Waals surface area contributed by atoms with E-state index < -0.39 is 16.5 Å². The Morgan fingerprint density at radius 1 is 0.938 bits per heavy atom. The van der Waals surface area contributed by atoms with Gasteiger partial charge in [-0.15, -0.1) is 0 Å². The zero-order valence-electron chi connectivity index (χ0n) is 11.5. The Balaban J connectivity index is 3.23. The first-order valence-corrected chi connectivity index (χ1v) is 13.4. The molecule has 0 atom stereocenters. The molecule has 0 aliphatic heterocycles. The Bertz CT molecular complexity index is 352. The van der Waals surface area contributed by atoms with Gasteiger partial charge in [0.15, 0.2) is 0 Å². The molecule has 0 fully saturated rings. The minimum atomic E-state index is -1.29. The van der Waals surface area contributed by atoms with Gasteiger partial charge in [0, 0.05) is 0 Å². The monoisotopic (exact) mass is 260 g/mol. The molecule has 1 aromatic rings. The summed E-state index contributed by atoms with van der Waals surface area (Å²) in [5.41, 5.74) is 1.44. The number of rotatable bonds is 3. The molecule has 4 heteroatoms. The molecule has 0 unspecified atom stereocenters. The molecule has 1 nitrogen and oxygen atoms in total. The summed E-state index contributed by atoms with van der Waals surface area (Å²) in [5.74, 6) is 0. The molecule has 1 rings (SSSR count). The molecular formula is C12H22MgNSi2+. The van der Waals surface area contributed by atoms with Crippen LogP contribution in [0.2, 0.25) is 39.3 Å². The molecule has 0 saturated carbocycles. The number of nitrogens with zero attached hydrogens (tertiary/aromatic N) is 1. The van der Waals surface area contributed by atoms with E-state index >= 15 is 0 Å². The van der Waals surface area contributed by atoms with Gasteiger partial charge in [0.25, 0.3) is 0 Å². The summed E-state index contributed by atoms with van der Waals surface area (Å²) in [7, 11) is -2.58. The predicted octanol–water partition coefficient (Wildman–Crippen LogP) is 2.96. The topological polar surface area (TPSA) is 3.24 Å². The standard InChI is InChI=1S/C12H22NSi2.Mg/c1-14(2,3)13(15(4,5)6)12-10-8-7-9-11-12;/h7-8,10-11H,1-6H3;/q;+1. The van der Waals surface area contributed by atoms with Crippen LogP contribution in [0, 0.1) is 0 Å². The van der Waals surface area contributed by atoms with E-state index in [0.717, 1.165) is 0 Å². The third-order valence-electron chi connectivity index (χ3n) is 2.51. The van der Waals surface area contributed by atoms with Crippen LogP contribution in [-0.4, -0.2) is 38.2 Å². The van der Waals surface area contributed by atoms with Crippen molar-refractivity contribution in [1.82, 2.24) is 0 Å². The van der Waals surface area contributed by atoms with Gasteiger partial charge in [-0.05, 0) is 0 Å². The van der Waals surface area contributed by atoms with Crippen LogP contribution in [0.3, 0.4) is 0 Å². The minimum absolute atomic E-state index is 1.29. The van der Waals surface area contributed by atoms with Gasteiger partial charge in [0.2, 0.25) is 0 Å². The molecule has 84 valence electrons. The first-order valence-electron chi connectivity index (χ1n) is 5.85. The van der Waals surface area contributed by atoms with Crippen molar-refractivity contribution in [2.24, 2.45) is 0 Å². The third kappa shape index (κ3) is 3.61. The molecule has 0 radical (unpaired) electrons. The number of anilines is 1. The zero-order valence-corrected chi connectivity index (χ0v) is 14.9. The normalized spacial score (nSPS) is 12.8. The van der Waals surface area contributed by atoms with Crippen molar-refractivity contribution >= 4 is 47.6 Å². The van der Waals surface area contributed by atoms with Crippen molar-refractivity contribution in [1.29, 1.82) is 0 Å². The number of benzene rings is 1. The first-order chi connectivity index (χ1) is 7.12. The molecule has 0 heterocycles. The Hall–Kier alpha value is 0.220. The van der Waals surface area contributed by atoms with Gasteiger partial charge in [0.05, 0.1) is 0 Å². The fraction of sp³-hybridized carbons (Fsp3) is 0.500. The summed E-state index contributed by atoms with van der Waals surface area (Å²) in [6.45, 7) is 14.6. The van der Waals surface area contributed by atoms with Gasteiger partial charge in [-0.2, -0.15) is 0 Å². The van der Waals surface area contributed by atoms with Crippen LogP contribution >= 0.6 is 0 Å². The second-order valence-corrected chi connectivity index (χ2v) is 17.2. The molecule has 0 aliphatic carbocycles. The zero-order chi connectivity index (χ0) is 12.6. The van der Waals surface area contributed by atoms with Crippen molar-refractivity contribution in [2.75, 3.05) is 4.23 Å². The third-order valence-corrected chi connectivity index (χ3v) is 10.2. The molecule has 0 aromatic heterocycles. The van der Waals surface area contributed by atoms with Crippen LogP contribution in [0.5, 0.6) is 0 Å². The molecule has 16 heavy (non-hydrogen) atoms. The second kappa shape index (κ2) is 4.84. The average Bonchev–Trinajstić information content (AvgIpc) is 1.97. The maximum atomic E-state index is 2.76. The summed E-state index contributed by atoms with van der Waals surface area (Å²) in [6, 6.07) is 8.99. The number of hydrogen-bond acceptors (Lipinski definition) is 1. The second-order valence-electron chi connectivity index (χ2n) is 6.35. The summed E-state index contributed by atoms with van der Waals surface area (Å²) in [4.78, 5) is 0. The molecular weight excluding hydrogens is 239 g/mol.